The first-order valence-electron chi connectivity index (χ1n) is 15.0. The van der Waals surface area contributed by atoms with Gasteiger partial charge < -0.3 is 19.7 Å². The van der Waals surface area contributed by atoms with E-state index >= 15 is 4.39 Å². The normalized spacial score (nSPS) is 17.7. The quantitative estimate of drug-likeness (QED) is 0.321. The number of alkyl halides is 1. The molecule has 0 unspecified atom stereocenters. The second kappa shape index (κ2) is 11.3. The summed E-state index contributed by atoms with van der Waals surface area (Å²) in [5, 5.41) is 12.9. The van der Waals surface area contributed by atoms with Crippen LogP contribution in [0.4, 0.5) is 14.9 Å². The van der Waals surface area contributed by atoms with Crippen LogP contribution in [0.15, 0.2) is 43.0 Å². The zero-order valence-electron chi connectivity index (χ0n) is 25.8. The molecule has 2 amide bonds. The number of rotatable bonds is 7. The fraction of sp³-hybridized carbons (Fsp3) is 0.516. The van der Waals surface area contributed by atoms with Crippen LogP contribution < -0.4 is 10.1 Å². The lowest BCUT2D eigenvalue weighted by Crippen LogP contribution is -2.65. The monoisotopic (exact) mass is 606 g/mol. The van der Waals surface area contributed by atoms with Gasteiger partial charge in [-0.05, 0) is 59.6 Å². The van der Waals surface area contributed by atoms with E-state index in [0.29, 0.717) is 29.2 Å². The Morgan fingerprint density at radius 3 is 2.64 bits per heavy atom. The first-order chi connectivity index (χ1) is 20.9. The summed E-state index contributed by atoms with van der Waals surface area (Å²) in [5.41, 5.74) is 0.105. The summed E-state index contributed by atoms with van der Waals surface area (Å²) in [4.78, 5) is 33.3. The SMILES string of the molecule is CC(C)Oc1cc2nn(C3CCN(CC4(F)CN(C(=O)OC(C)(C)C)C4)CC3)cc2cc1NC(=O)c1cnn2cccnc12. The van der Waals surface area contributed by atoms with Crippen molar-refractivity contribution in [3.8, 4) is 5.75 Å². The Morgan fingerprint density at radius 2 is 1.93 bits per heavy atom. The fourth-order valence-corrected chi connectivity index (χ4v) is 5.82. The molecule has 12 nitrogen and oxygen atoms in total. The van der Waals surface area contributed by atoms with Crippen molar-refractivity contribution in [2.45, 2.75) is 70.9 Å². The summed E-state index contributed by atoms with van der Waals surface area (Å²) in [6, 6.07) is 5.64. The van der Waals surface area contributed by atoms with E-state index in [1.807, 2.05) is 36.9 Å². The van der Waals surface area contributed by atoms with Crippen molar-refractivity contribution in [2.24, 2.45) is 0 Å². The molecule has 0 aliphatic carbocycles. The van der Waals surface area contributed by atoms with Gasteiger partial charge in [-0.2, -0.15) is 10.2 Å². The first-order valence-corrected chi connectivity index (χ1v) is 15.0. The third kappa shape index (κ3) is 6.33. The van der Waals surface area contributed by atoms with E-state index in [1.165, 1.54) is 11.1 Å². The number of halogens is 1. The molecule has 3 aromatic heterocycles. The van der Waals surface area contributed by atoms with Gasteiger partial charge in [0.2, 0.25) is 0 Å². The number of hydrogen-bond acceptors (Lipinski definition) is 8. The van der Waals surface area contributed by atoms with Crippen LogP contribution in [0, 0.1) is 0 Å². The van der Waals surface area contributed by atoms with E-state index in [1.54, 1.807) is 43.7 Å². The van der Waals surface area contributed by atoms with Crippen molar-refractivity contribution < 1.29 is 23.5 Å². The smallest absolute Gasteiger partial charge is 0.410 e. The van der Waals surface area contributed by atoms with Crippen molar-refractivity contribution in [1.82, 2.24) is 34.2 Å². The van der Waals surface area contributed by atoms with Gasteiger partial charge in [0.15, 0.2) is 11.3 Å². The largest absolute Gasteiger partial charge is 0.489 e. The summed E-state index contributed by atoms with van der Waals surface area (Å²) >= 11 is 0. The fourth-order valence-electron chi connectivity index (χ4n) is 5.82. The highest BCUT2D eigenvalue weighted by molar-refractivity contribution is 6.09. The zero-order chi connectivity index (χ0) is 31.2. The maximum atomic E-state index is 15.4. The van der Waals surface area contributed by atoms with Crippen LogP contribution in [0.25, 0.3) is 16.6 Å². The lowest BCUT2D eigenvalue weighted by molar-refractivity contribution is -0.0668. The third-order valence-corrected chi connectivity index (χ3v) is 7.80. The van der Waals surface area contributed by atoms with Gasteiger partial charge in [0, 0.05) is 49.7 Å². The number of anilines is 1. The Bertz CT molecular complexity index is 1680. The molecule has 0 bridgehead atoms. The minimum absolute atomic E-state index is 0.0555. The summed E-state index contributed by atoms with van der Waals surface area (Å²) in [5.74, 6) is 0.192. The van der Waals surface area contributed by atoms with Crippen molar-refractivity contribution >= 4 is 34.2 Å². The molecule has 44 heavy (non-hydrogen) atoms. The molecule has 0 saturated carbocycles. The number of hydrogen-bond donors (Lipinski definition) is 1. The summed E-state index contributed by atoms with van der Waals surface area (Å²) in [7, 11) is 0. The number of ether oxygens (including phenoxy) is 2. The van der Waals surface area contributed by atoms with Crippen LogP contribution in [0.2, 0.25) is 0 Å². The summed E-state index contributed by atoms with van der Waals surface area (Å²) < 4.78 is 30.3. The number of benzene rings is 1. The number of carbonyl (C=O) groups excluding carboxylic acids is 2. The van der Waals surface area contributed by atoms with E-state index in [0.717, 1.165) is 36.8 Å². The Labute approximate surface area is 255 Å². The minimum atomic E-state index is -1.42. The second-order valence-corrected chi connectivity index (χ2v) is 13.1. The van der Waals surface area contributed by atoms with Crippen LogP contribution in [-0.4, -0.2) is 96.3 Å². The van der Waals surface area contributed by atoms with Gasteiger partial charge in [0.1, 0.15) is 16.9 Å². The maximum absolute atomic E-state index is 15.4. The van der Waals surface area contributed by atoms with Crippen LogP contribution >= 0.6 is 0 Å². The third-order valence-electron chi connectivity index (χ3n) is 7.80. The molecule has 6 rings (SSSR count). The lowest BCUT2D eigenvalue weighted by atomic mass is 9.94. The minimum Gasteiger partial charge on any atom is -0.489 e. The molecule has 0 radical (unpaired) electrons. The van der Waals surface area contributed by atoms with E-state index in [4.69, 9.17) is 14.6 Å². The molecule has 5 heterocycles. The number of aromatic nitrogens is 5. The Hall–Kier alpha value is -4.26. The molecule has 2 fully saturated rings. The molecular weight excluding hydrogens is 567 g/mol. The lowest BCUT2D eigenvalue weighted by Gasteiger charge is -2.47. The average molecular weight is 607 g/mol. The molecular formula is C31H39FN8O4. The maximum Gasteiger partial charge on any atom is 0.410 e. The average Bonchev–Trinajstić information content (AvgIpc) is 3.55. The molecule has 1 N–H and O–H groups in total. The summed E-state index contributed by atoms with van der Waals surface area (Å²) in [6.07, 6.45) is 7.90. The van der Waals surface area contributed by atoms with Crippen LogP contribution in [0.3, 0.4) is 0 Å². The van der Waals surface area contributed by atoms with E-state index < -0.39 is 17.4 Å². The number of nitrogens with zero attached hydrogens (tertiary/aromatic N) is 7. The van der Waals surface area contributed by atoms with Gasteiger partial charge in [-0.15, -0.1) is 0 Å². The Kier molecular flexibility index (Phi) is 7.68. The van der Waals surface area contributed by atoms with Crippen LogP contribution in [-0.2, 0) is 4.74 Å². The predicted molar refractivity (Wildman–Crippen MR) is 163 cm³/mol. The molecule has 0 spiro atoms. The van der Waals surface area contributed by atoms with Gasteiger partial charge in [-0.3, -0.25) is 14.4 Å². The highest BCUT2D eigenvalue weighted by atomic mass is 19.1. The van der Waals surface area contributed by atoms with Gasteiger partial charge >= 0.3 is 6.09 Å². The zero-order valence-corrected chi connectivity index (χ0v) is 25.8. The topological polar surface area (TPSA) is 119 Å². The first kappa shape index (κ1) is 29.8. The standard InChI is InChI=1S/C31H39FN8O4/c1-20(2)43-26-14-24-21(13-25(26)35-28(41)23-15-34-39-10-6-9-33-27(23)39)16-40(36-24)22-7-11-37(12-8-22)17-31(32)18-38(19-31)29(42)44-30(3,4)5/h6,9-10,13-16,20,22H,7-8,11-12,17-19H2,1-5H3,(H,35,41). The van der Waals surface area contributed by atoms with Crippen molar-refractivity contribution in [3.05, 3.63) is 48.5 Å². The Morgan fingerprint density at radius 1 is 1.18 bits per heavy atom. The predicted octanol–water partition coefficient (Wildman–Crippen LogP) is 4.71. The molecule has 13 heteroatoms. The number of amides is 2. The van der Waals surface area contributed by atoms with Gasteiger partial charge in [-0.25, -0.2) is 18.7 Å². The number of nitrogens with one attached hydrogen (secondary N) is 1. The molecule has 1 aromatic carbocycles. The van der Waals surface area contributed by atoms with E-state index in [-0.39, 0.29) is 31.1 Å². The Balaban J connectivity index is 1.11. The van der Waals surface area contributed by atoms with Crippen LogP contribution in [0.5, 0.6) is 5.75 Å². The molecule has 2 aliphatic heterocycles. The van der Waals surface area contributed by atoms with Crippen molar-refractivity contribution in [1.29, 1.82) is 0 Å². The number of carbonyl (C=O) groups is 2. The van der Waals surface area contributed by atoms with Crippen molar-refractivity contribution in [2.75, 3.05) is 38.0 Å². The van der Waals surface area contributed by atoms with Crippen molar-refractivity contribution in [3.63, 3.8) is 0 Å². The molecule has 4 aromatic rings. The van der Waals surface area contributed by atoms with E-state index in [2.05, 4.69) is 20.3 Å². The number of fused-ring (bicyclic) bond motifs is 2. The number of likely N-dealkylation sites (tertiary alicyclic amines) is 2. The van der Waals surface area contributed by atoms with Gasteiger partial charge in [-0.1, -0.05) is 0 Å². The van der Waals surface area contributed by atoms with Crippen LogP contribution in [0.1, 0.15) is 63.9 Å². The highest BCUT2D eigenvalue weighted by Crippen LogP contribution is 2.34. The number of piperidine rings is 1. The second-order valence-electron chi connectivity index (χ2n) is 13.1. The highest BCUT2D eigenvalue weighted by Gasteiger charge is 2.48. The molecule has 234 valence electrons. The molecule has 0 atom stereocenters. The molecule has 2 aliphatic rings. The summed E-state index contributed by atoms with van der Waals surface area (Å²) in [6.45, 7) is 11.1. The van der Waals surface area contributed by atoms with Gasteiger partial charge in [0.05, 0.1) is 42.6 Å². The van der Waals surface area contributed by atoms with Gasteiger partial charge in [0.25, 0.3) is 5.91 Å². The van der Waals surface area contributed by atoms with E-state index in [9.17, 15) is 9.59 Å². The molecule has 2 saturated heterocycles.